The Morgan fingerprint density at radius 2 is 2.00 bits per heavy atom. The number of hydrogen-bond donors (Lipinski definition) is 4. The fourth-order valence-corrected chi connectivity index (χ4v) is 3.67. The summed E-state index contributed by atoms with van der Waals surface area (Å²) in [6.45, 7) is 4.85. The molecule has 0 radical (unpaired) electrons. The number of aryl methyl sites for hydroxylation is 1. The van der Waals surface area contributed by atoms with Crippen molar-refractivity contribution in [1.82, 2.24) is 20.3 Å². The third-order valence-corrected chi connectivity index (χ3v) is 4.89. The van der Waals surface area contributed by atoms with Crippen molar-refractivity contribution in [3.8, 4) is 0 Å². The molecule has 0 saturated carbocycles. The van der Waals surface area contributed by atoms with Crippen molar-refractivity contribution in [2.75, 3.05) is 30.7 Å². The number of benzene rings is 1. The van der Waals surface area contributed by atoms with Gasteiger partial charge in [-0.15, -0.1) is 0 Å². The van der Waals surface area contributed by atoms with Gasteiger partial charge in [0.05, 0.1) is 5.69 Å². The number of nitrogens with one attached hydrogen (secondary N) is 3. The van der Waals surface area contributed by atoms with Gasteiger partial charge in [0, 0.05) is 41.7 Å². The molecule has 0 unspecified atom stereocenters. The molecular weight excluding hydrogens is 312 g/mol. The molecule has 0 bridgehead atoms. The highest BCUT2D eigenvalue weighted by Crippen LogP contribution is 2.23. The number of anilines is 2. The number of nitrogen functional groups attached to an aromatic ring is 1. The standard InChI is InChI=1S/C19H24N6/c1-12-13(14-4-2-3-5-16(14)23-12)7-11-22-18-15-6-9-21-10-8-17(15)24-19(20)25-18/h2-5,21,23H,6-11H2,1H3,(H3,20,22,24,25). The normalized spacial score (nSPS) is 14.3. The summed E-state index contributed by atoms with van der Waals surface area (Å²) in [5.41, 5.74) is 12.0. The average Bonchev–Trinajstić information content (AvgIpc) is 2.77. The number of nitrogens with zero attached hydrogens (tertiary/aromatic N) is 2. The van der Waals surface area contributed by atoms with E-state index in [1.54, 1.807) is 0 Å². The second-order valence-corrected chi connectivity index (χ2v) is 6.56. The molecule has 0 fully saturated rings. The van der Waals surface area contributed by atoms with E-state index in [4.69, 9.17) is 5.73 Å². The Morgan fingerprint density at radius 1 is 1.16 bits per heavy atom. The molecular formula is C19H24N6. The molecule has 2 aromatic heterocycles. The number of nitrogens with two attached hydrogens (primary N) is 1. The van der Waals surface area contributed by atoms with Crippen molar-refractivity contribution in [1.29, 1.82) is 0 Å². The third-order valence-electron chi connectivity index (χ3n) is 4.89. The highest BCUT2D eigenvalue weighted by Gasteiger charge is 2.16. The van der Waals surface area contributed by atoms with E-state index in [1.807, 2.05) is 0 Å². The van der Waals surface area contributed by atoms with Crippen LogP contribution in [-0.4, -0.2) is 34.6 Å². The Bertz CT molecular complexity index is 898. The smallest absolute Gasteiger partial charge is 0.222 e. The maximum Gasteiger partial charge on any atom is 0.222 e. The zero-order chi connectivity index (χ0) is 17.2. The van der Waals surface area contributed by atoms with Crippen LogP contribution in [0.3, 0.4) is 0 Å². The van der Waals surface area contributed by atoms with Gasteiger partial charge in [0.2, 0.25) is 5.95 Å². The molecule has 0 spiro atoms. The fourth-order valence-electron chi connectivity index (χ4n) is 3.67. The quantitative estimate of drug-likeness (QED) is 0.586. The Morgan fingerprint density at radius 3 is 2.92 bits per heavy atom. The minimum absolute atomic E-state index is 0.353. The van der Waals surface area contributed by atoms with Gasteiger partial charge in [0.1, 0.15) is 5.82 Å². The van der Waals surface area contributed by atoms with Gasteiger partial charge in [-0.3, -0.25) is 0 Å². The summed E-state index contributed by atoms with van der Waals surface area (Å²) in [6, 6.07) is 8.45. The highest BCUT2D eigenvalue weighted by atomic mass is 15.1. The molecule has 0 aliphatic carbocycles. The van der Waals surface area contributed by atoms with E-state index in [9.17, 15) is 0 Å². The van der Waals surface area contributed by atoms with Crippen LogP contribution in [0.15, 0.2) is 24.3 Å². The summed E-state index contributed by atoms with van der Waals surface area (Å²) in [5.74, 6) is 1.25. The van der Waals surface area contributed by atoms with Crippen LogP contribution < -0.4 is 16.4 Å². The molecule has 0 amide bonds. The Balaban J connectivity index is 1.54. The lowest BCUT2D eigenvalue weighted by Gasteiger charge is -2.13. The molecule has 1 aliphatic rings. The largest absolute Gasteiger partial charge is 0.369 e. The van der Waals surface area contributed by atoms with Crippen molar-refractivity contribution in [3.63, 3.8) is 0 Å². The molecule has 130 valence electrons. The summed E-state index contributed by atoms with van der Waals surface area (Å²) in [5, 5.41) is 8.20. The number of H-pyrrole nitrogens is 1. The van der Waals surface area contributed by atoms with Gasteiger partial charge in [-0.2, -0.15) is 4.98 Å². The Kier molecular flexibility index (Phi) is 4.28. The molecule has 6 nitrogen and oxygen atoms in total. The van der Waals surface area contributed by atoms with Crippen LogP contribution >= 0.6 is 0 Å². The number of fused-ring (bicyclic) bond motifs is 2. The molecule has 25 heavy (non-hydrogen) atoms. The number of hydrogen-bond acceptors (Lipinski definition) is 5. The Labute approximate surface area is 147 Å². The van der Waals surface area contributed by atoms with Gasteiger partial charge in [0.15, 0.2) is 0 Å². The van der Waals surface area contributed by atoms with E-state index in [-0.39, 0.29) is 0 Å². The molecule has 3 aromatic rings. The third kappa shape index (κ3) is 3.17. The second kappa shape index (κ2) is 6.72. The first kappa shape index (κ1) is 15.9. The number of para-hydroxylation sites is 1. The van der Waals surface area contributed by atoms with Crippen molar-refractivity contribution in [2.24, 2.45) is 0 Å². The first-order valence-corrected chi connectivity index (χ1v) is 8.88. The molecule has 1 aromatic carbocycles. The van der Waals surface area contributed by atoms with Crippen LogP contribution in [0.5, 0.6) is 0 Å². The second-order valence-electron chi connectivity index (χ2n) is 6.56. The highest BCUT2D eigenvalue weighted by molar-refractivity contribution is 5.84. The van der Waals surface area contributed by atoms with Gasteiger partial charge in [-0.1, -0.05) is 18.2 Å². The van der Waals surface area contributed by atoms with Gasteiger partial charge < -0.3 is 21.4 Å². The van der Waals surface area contributed by atoms with Crippen LogP contribution in [0.25, 0.3) is 10.9 Å². The van der Waals surface area contributed by atoms with Crippen LogP contribution in [0, 0.1) is 6.92 Å². The topological polar surface area (TPSA) is 91.7 Å². The summed E-state index contributed by atoms with van der Waals surface area (Å²) in [6.07, 6.45) is 2.77. The summed E-state index contributed by atoms with van der Waals surface area (Å²) < 4.78 is 0. The van der Waals surface area contributed by atoms with E-state index >= 15 is 0 Å². The molecule has 4 rings (SSSR count). The van der Waals surface area contributed by atoms with E-state index in [0.717, 1.165) is 50.4 Å². The van der Waals surface area contributed by atoms with Crippen LogP contribution in [-0.2, 0) is 19.3 Å². The van der Waals surface area contributed by atoms with Crippen molar-refractivity contribution in [3.05, 3.63) is 46.8 Å². The lowest BCUT2D eigenvalue weighted by molar-refractivity contribution is 0.708. The zero-order valence-electron chi connectivity index (χ0n) is 14.5. The minimum Gasteiger partial charge on any atom is -0.369 e. The van der Waals surface area contributed by atoms with Gasteiger partial charge >= 0.3 is 0 Å². The van der Waals surface area contributed by atoms with E-state index in [1.165, 1.54) is 27.7 Å². The molecule has 5 N–H and O–H groups in total. The minimum atomic E-state index is 0.353. The van der Waals surface area contributed by atoms with Crippen molar-refractivity contribution >= 4 is 22.7 Å². The predicted octanol–water partition coefficient (Wildman–Crippen LogP) is 2.19. The first-order valence-electron chi connectivity index (χ1n) is 8.88. The monoisotopic (exact) mass is 336 g/mol. The molecule has 1 aliphatic heterocycles. The van der Waals surface area contributed by atoms with Gasteiger partial charge in [-0.25, -0.2) is 4.98 Å². The molecule has 0 atom stereocenters. The average molecular weight is 336 g/mol. The maximum atomic E-state index is 5.91. The molecule has 0 saturated heterocycles. The van der Waals surface area contributed by atoms with E-state index in [2.05, 4.69) is 56.8 Å². The lowest BCUT2D eigenvalue weighted by atomic mass is 10.1. The van der Waals surface area contributed by atoms with Gasteiger partial charge in [0.25, 0.3) is 0 Å². The summed E-state index contributed by atoms with van der Waals surface area (Å²) >= 11 is 0. The number of aromatic amines is 1. The number of rotatable bonds is 4. The van der Waals surface area contributed by atoms with Crippen LogP contribution in [0.1, 0.15) is 22.5 Å². The maximum absolute atomic E-state index is 5.91. The Hall–Kier alpha value is -2.60. The molecule has 3 heterocycles. The zero-order valence-corrected chi connectivity index (χ0v) is 14.5. The first-order chi connectivity index (χ1) is 12.2. The van der Waals surface area contributed by atoms with Crippen LogP contribution in [0.4, 0.5) is 11.8 Å². The summed E-state index contributed by atoms with van der Waals surface area (Å²) in [7, 11) is 0. The van der Waals surface area contributed by atoms with Gasteiger partial charge in [-0.05, 0) is 37.9 Å². The lowest BCUT2D eigenvalue weighted by Crippen LogP contribution is -2.16. The summed E-state index contributed by atoms with van der Waals surface area (Å²) in [4.78, 5) is 12.3. The SMILES string of the molecule is Cc1[nH]c2ccccc2c1CCNc1nc(N)nc2c1CCNCC2. The van der Waals surface area contributed by atoms with Crippen molar-refractivity contribution in [2.45, 2.75) is 26.2 Å². The van der Waals surface area contributed by atoms with E-state index in [0.29, 0.717) is 5.95 Å². The fraction of sp³-hybridized carbons (Fsp3) is 0.368. The number of aromatic nitrogens is 3. The van der Waals surface area contributed by atoms with Crippen LogP contribution in [0.2, 0.25) is 0 Å². The molecule has 6 heteroatoms. The predicted molar refractivity (Wildman–Crippen MR) is 102 cm³/mol. The van der Waals surface area contributed by atoms with Crippen molar-refractivity contribution < 1.29 is 0 Å². The van der Waals surface area contributed by atoms with E-state index < -0.39 is 0 Å².